The molecule has 3 nitrogen and oxygen atoms in total. The van der Waals surface area contributed by atoms with Gasteiger partial charge in [-0.25, -0.2) is 0 Å². The minimum atomic E-state index is 0.316. The van der Waals surface area contributed by atoms with Gasteiger partial charge in [0.2, 0.25) is 0 Å². The maximum absolute atomic E-state index is 4.12. The number of aromatic nitrogens is 1. The number of nitrogens with zero attached hydrogens (tertiary/aromatic N) is 3. The van der Waals surface area contributed by atoms with Crippen LogP contribution < -0.4 is 0 Å². The minimum absolute atomic E-state index is 0.316. The van der Waals surface area contributed by atoms with Crippen molar-refractivity contribution in [3.05, 3.63) is 16.6 Å². The summed E-state index contributed by atoms with van der Waals surface area (Å²) < 4.78 is 0. The number of hydrogen-bond acceptors (Lipinski definition) is 4. The quantitative estimate of drug-likeness (QED) is 0.787. The molecule has 0 bridgehead atoms. The summed E-state index contributed by atoms with van der Waals surface area (Å²) in [7, 11) is 0. The van der Waals surface area contributed by atoms with Gasteiger partial charge in [0, 0.05) is 49.3 Å². The van der Waals surface area contributed by atoms with E-state index in [2.05, 4.69) is 35.6 Å². The highest BCUT2D eigenvalue weighted by Gasteiger charge is 2.25. The summed E-state index contributed by atoms with van der Waals surface area (Å²) in [6.07, 6.45) is 1.99. The first-order valence-corrected chi connectivity index (χ1v) is 6.78. The Morgan fingerprint density at radius 1 is 1.25 bits per heavy atom. The van der Waals surface area contributed by atoms with Crippen LogP contribution in [0.3, 0.4) is 0 Å². The van der Waals surface area contributed by atoms with E-state index >= 15 is 0 Å². The largest absolute Gasteiger partial charge is 0.296 e. The lowest BCUT2D eigenvalue weighted by atomic mass is 10.1. The molecule has 2 rings (SSSR count). The molecule has 1 fully saturated rings. The Morgan fingerprint density at radius 3 is 2.44 bits per heavy atom. The molecule has 0 amide bonds. The van der Waals surface area contributed by atoms with E-state index < -0.39 is 0 Å². The highest BCUT2D eigenvalue weighted by molar-refractivity contribution is 7.09. The zero-order valence-electron chi connectivity index (χ0n) is 10.4. The molecule has 0 saturated carbocycles. The molecule has 0 aliphatic carbocycles. The molecule has 0 radical (unpaired) electrons. The van der Waals surface area contributed by atoms with Gasteiger partial charge in [-0.1, -0.05) is 0 Å². The van der Waals surface area contributed by atoms with Crippen LogP contribution in [0.15, 0.2) is 11.7 Å². The number of rotatable bonds is 2. The summed E-state index contributed by atoms with van der Waals surface area (Å²) in [5.41, 5.74) is 2.23. The first kappa shape index (κ1) is 12.0. The average molecular weight is 239 g/mol. The lowest BCUT2D eigenvalue weighted by Crippen LogP contribution is -2.53. The molecular weight excluding hydrogens is 218 g/mol. The SMILES string of the molecule is CC(C)(C)N1CCN(Cc2cncs2)CC1. The van der Waals surface area contributed by atoms with Gasteiger partial charge < -0.3 is 0 Å². The van der Waals surface area contributed by atoms with Crippen molar-refractivity contribution in [3.63, 3.8) is 0 Å². The topological polar surface area (TPSA) is 19.4 Å². The molecule has 1 aliphatic heterocycles. The van der Waals surface area contributed by atoms with Crippen molar-refractivity contribution < 1.29 is 0 Å². The van der Waals surface area contributed by atoms with E-state index in [0.717, 1.165) is 6.54 Å². The van der Waals surface area contributed by atoms with Crippen LogP contribution in [0.25, 0.3) is 0 Å². The van der Waals surface area contributed by atoms with Gasteiger partial charge in [0.15, 0.2) is 0 Å². The molecule has 0 N–H and O–H groups in total. The van der Waals surface area contributed by atoms with Crippen molar-refractivity contribution >= 4 is 11.3 Å². The fourth-order valence-electron chi connectivity index (χ4n) is 2.12. The molecule has 2 heterocycles. The van der Waals surface area contributed by atoms with E-state index in [1.807, 2.05) is 11.7 Å². The van der Waals surface area contributed by atoms with E-state index in [0.29, 0.717) is 5.54 Å². The maximum Gasteiger partial charge on any atom is 0.0794 e. The fraction of sp³-hybridized carbons (Fsp3) is 0.750. The third-order valence-corrected chi connectivity index (χ3v) is 3.95. The van der Waals surface area contributed by atoms with Crippen molar-refractivity contribution in [2.24, 2.45) is 0 Å². The summed E-state index contributed by atoms with van der Waals surface area (Å²) in [4.78, 5) is 10.6. The fourth-order valence-corrected chi connectivity index (χ4v) is 2.75. The predicted octanol–water partition coefficient (Wildman–Crippen LogP) is 2.06. The predicted molar refractivity (Wildman–Crippen MR) is 68.7 cm³/mol. The van der Waals surface area contributed by atoms with Crippen LogP contribution in [0.5, 0.6) is 0 Å². The lowest BCUT2D eigenvalue weighted by molar-refractivity contribution is 0.0595. The van der Waals surface area contributed by atoms with Gasteiger partial charge in [0.05, 0.1) is 5.51 Å². The Kier molecular flexibility index (Phi) is 3.62. The Bertz CT molecular complexity index is 308. The molecular formula is C12H21N3S. The Hall–Kier alpha value is -0.450. The van der Waals surface area contributed by atoms with Crippen LogP contribution in [0.1, 0.15) is 25.6 Å². The highest BCUT2D eigenvalue weighted by Crippen LogP contribution is 2.17. The monoisotopic (exact) mass is 239 g/mol. The Balaban J connectivity index is 1.82. The van der Waals surface area contributed by atoms with Crippen molar-refractivity contribution in [3.8, 4) is 0 Å². The molecule has 0 unspecified atom stereocenters. The number of piperazine rings is 1. The van der Waals surface area contributed by atoms with Gasteiger partial charge in [0.1, 0.15) is 0 Å². The molecule has 90 valence electrons. The van der Waals surface area contributed by atoms with Crippen LogP contribution in [0.4, 0.5) is 0 Å². The van der Waals surface area contributed by atoms with Gasteiger partial charge >= 0.3 is 0 Å². The van der Waals surface area contributed by atoms with Gasteiger partial charge in [-0.2, -0.15) is 0 Å². The van der Waals surface area contributed by atoms with Crippen molar-refractivity contribution in [2.75, 3.05) is 26.2 Å². The molecule has 1 aromatic heterocycles. The number of thiazole rings is 1. The summed E-state index contributed by atoms with van der Waals surface area (Å²) in [5, 5.41) is 0. The molecule has 4 heteroatoms. The zero-order chi connectivity index (χ0) is 11.6. The van der Waals surface area contributed by atoms with Crippen LogP contribution >= 0.6 is 11.3 Å². The maximum atomic E-state index is 4.12. The van der Waals surface area contributed by atoms with Crippen LogP contribution in [-0.4, -0.2) is 46.5 Å². The van der Waals surface area contributed by atoms with Crippen molar-refractivity contribution in [2.45, 2.75) is 32.9 Å². The van der Waals surface area contributed by atoms with Crippen LogP contribution in [0, 0.1) is 0 Å². The van der Waals surface area contributed by atoms with E-state index in [-0.39, 0.29) is 0 Å². The molecule has 0 spiro atoms. The van der Waals surface area contributed by atoms with Gasteiger partial charge in [-0.05, 0) is 20.8 Å². The third kappa shape index (κ3) is 3.03. The van der Waals surface area contributed by atoms with Gasteiger partial charge in [-0.3, -0.25) is 14.8 Å². The second-order valence-corrected chi connectivity index (χ2v) is 6.37. The molecule has 1 aliphatic rings. The smallest absolute Gasteiger partial charge is 0.0794 e. The van der Waals surface area contributed by atoms with Crippen molar-refractivity contribution in [1.29, 1.82) is 0 Å². The normalized spacial score (nSPS) is 20.2. The van der Waals surface area contributed by atoms with E-state index in [1.165, 1.54) is 31.1 Å². The summed E-state index contributed by atoms with van der Waals surface area (Å²) in [6, 6.07) is 0. The lowest BCUT2D eigenvalue weighted by Gasteiger charge is -2.42. The number of hydrogen-bond donors (Lipinski definition) is 0. The summed E-state index contributed by atoms with van der Waals surface area (Å²) >= 11 is 1.76. The van der Waals surface area contributed by atoms with E-state index in [1.54, 1.807) is 11.3 Å². The summed E-state index contributed by atoms with van der Waals surface area (Å²) in [6.45, 7) is 12.7. The standard InChI is InChI=1S/C12H21N3S/c1-12(2,3)15-6-4-14(5-7-15)9-11-8-13-10-16-11/h8,10H,4-7,9H2,1-3H3. The Labute approximate surface area is 102 Å². The second kappa shape index (κ2) is 4.82. The van der Waals surface area contributed by atoms with Crippen molar-refractivity contribution in [1.82, 2.24) is 14.8 Å². The first-order chi connectivity index (χ1) is 7.55. The van der Waals surface area contributed by atoms with E-state index in [4.69, 9.17) is 0 Å². The van der Waals surface area contributed by atoms with Crippen LogP contribution in [0.2, 0.25) is 0 Å². The second-order valence-electron chi connectivity index (χ2n) is 5.40. The van der Waals surface area contributed by atoms with E-state index in [9.17, 15) is 0 Å². The average Bonchev–Trinajstić information content (AvgIpc) is 2.70. The van der Waals surface area contributed by atoms with Gasteiger partial charge in [0.25, 0.3) is 0 Å². The van der Waals surface area contributed by atoms with Crippen LogP contribution in [-0.2, 0) is 6.54 Å². The molecule has 1 saturated heterocycles. The third-order valence-electron chi connectivity index (χ3n) is 3.18. The zero-order valence-corrected chi connectivity index (χ0v) is 11.3. The highest BCUT2D eigenvalue weighted by atomic mass is 32.1. The van der Waals surface area contributed by atoms with Gasteiger partial charge in [-0.15, -0.1) is 11.3 Å². The molecule has 0 atom stereocenters. The first-order valence-electron chi connectivity index (χ1n) is 5.90. The Morgan fingerprint density at radius 2 is 1.94 bits per heavy atom. The summed E-state index contributed by atoms with van der Waals surface area (Å²) in [5.74, 6) is 0. The minimum Gasteiger partial charge on any atom is -0.296 e. The molecule has 1 aromatic rings. The molecule has 16 heavy (non-hydrogen) atoms. The molecule has 0 aromatic carbocycles.